The molecule has 5 nitrogen and oxygen atoms in total. The number of carbonyl (C=O) groups excluding carboxylic acids is 1. The average Bonchev–Trinajstić information content (AvgIpc) is 2.69. The molecule has 2 aromatic carbocycles. The fraction of sp³-hybridized carbons (Fsp3) is 0.423. The molecule has 0 saturated heterocycles. The van der Waals surface area contributed by atoms with Crippen LogP contribution < -0.4 is 15.4 Å². The van der Waals surface area contributed by atoms with Gasteiger partial charge in [-0.3, -0.25) is 4.79 Å². The highest BCUT2D eigenvalue weighted by molar-refractivity contribution is 9.10. The lowest BCUT2D eigenvalue weighted by Gasteiger charge is -2.27. The molecule has 0 fully saturated rings. The average molecular weight is 537 g/mol. The molecule has 0 aliphatic carbocycles. The summed E-state index contributed by atoms with van der Waals surface area (Å²) in [5.41, 5.74) is 3.31. The van der Waals surface area contributed by atoms with Gasteiger partial charge in [-0.15, -0.1) is 0 Å². The highest BCUT2D eigenvalue weighted by Crippen LogP contribution is 2.38. The van der Waals surface area contributed by atoms with E-state index in [0.29, 0.717) is 12.2 Å². The summed E-state index contributed by atoms with van der Waals surface area (Å²) in [6.45, 7) is 8.36. The van der Waals surface area contributed by atoms with Crippen LogP contribution in [0.1, 0.15) is 44.4 Å². The van der Waals surface area contributed by atoms with Crippen molar-refractivity contribution in [3.05, 3.63) is 69.2 Å². The smallest absolute Gasteiger partial charge is 0.217 e. The van der Waals surface area contributed by atoms with Crippen LogP contribution in [0, 0.1) is 17.0 Å². The molecule has 2 atom stereocenters. The number of halogens is 3. The molecule has 3 N–H and O–H groups in total. The Labute approximate surface area is 207 Å². The van der Waals surface area contributed by atoms with Gasteiger partial charge in [-0.25, -0.2) is 8.78 Å². The SMILES string of the molecule is CC(=O)NC(Cc1cc(F)cc(F)c1)C(O)CNC1=CCOc2c(Br)cc(CC(C)(C)C)cc21. The van der Waals surface area contributed by atoms with Crippen molar-refractivity contribution < 1.29 is 23.4 Å². The van der Waals surface area contributed by atoms with E-state index in [0.717, 1.165) is 39.5 Å². The lowest BCUT2D eigenvalue weighted by atomic mass is 9.87. The van der Waals surface area contributed by atoms with E-state index in [1.807, 2.05) is 6.08 Å². The molecule has 2 aromatic rings. The molecule has 0 radical (unpaired) electrons. The third-order valence-electron chi connectivity index (χ3n) is 5.38. The van der Waals surface area contributed by atoms with Gasteiger partial charge in [0.1, 0.15) is 24.0 Å². The van der Waals surface area contributed by atoms with Gasteiger partial charge in [0, 0.05) is 30.8 Å². The quantitative estimate of drug-likeness (QED) is 0.455. The third-order valence-corrected chi connectivity index (χ3v) is 5.96. The number of hydrogen-bond donors (Lipinski definition) is 3. The van der Waals surface area contributed by atoms with Crippen LogP contribution in [0.3, 0.4) is 0 Å². The first-order valence-corrected chi connectivity index (χ1v) is 12.0. The third kappa shape index (κ3) is 7.27. The first kappa shape index (κ1) is 26.2. The molecular weight excluding hydrogens is 506 g/mol. The number of aliphatic hydroxyl groups is 1. The summed E-state index contributed by atoms with van der Waals surface area (Å²) in [5, 5.41) is 16.8. The Kier molecular flexibility index (Phi) is 8.36. The highest BCUT2D eigenvalue weighted by Gasteiger charge is 2.24. The number of rotatable bonds is 8. The van der Waals surface area contributed by atoms with E-state index >= 15 is 0 Å². The Balaban J connectivity index is 1.76. The molecule has 0 saturated carbocycles. The maximum atomic E-state index is 13.6. The molecule has 0 spiro atoms. The van der Waals surface area contributed by atoms with Gasteiger partial charge < -0.3 is 20.5 Å². The second-order valence-corrected chi connectivity index (χ2v) is 10.7. The summed E-state index contributed by atoms with van der Waals surface area (Å²) < 4.78 is 33.9. The zero-order valence-electron chi connectivity index (χ0n) is 19.8. The van der Waals surface area contributed by atoms with E-state index in [4.69, 9.17) is 4.74 Å². The molecule has 34 heavy (non-hydrogen) atoms. The van der Waals surface area contributed by atoms with Gasteiger partial charge in [-0.05, 0) is 75.7 Å². The fourth-order valence-corrected chi connectivity index (χ4v) is 4.70. The van der Waals surface area contributed by atoms with Gasteiger partial charge in [-0.1, -0.05) is 20.8 Å². The van der Waals surface area contributed by atoms with Crippen LogP contribution in [0.15, 0.2) is 40.9 Å². The lowest BCUT2D eigenvalue weighted by Crippen LogP contribution is -2.48. The number of aliphatic hydroxyl groups excluding tert-OH is 1. The van der Waals surface area contributed by atoms with Crippen molar-refractivity contribution in [2.75, 3.05) is 13.2 Å². The van der Waals surface area contributed by atoms with Crippen molar-refractivity contribution in [2.24, 2.45) is 5.41 Å². The van der Waals surface area contributed by atoms with Gasteiger partial charge in [0.15, 0.2) is 0 Å². The molecule has 1 heterocycles. The van der Waals surface area contributed by atoms with E-state index in [-0.39, 0.29) is 24.3 Å². The minimum atomic E-state index is -1.01. The standard InChI is InChI=1S/C26H31BrF2N2O3/c1-15(32)31-23(11-16-7-18(28)12-19(29)8-16)24(33)14-30-22-5-6-34-25-20(22)9-17(10-21(25)27)13-26(2,3)4/h5,7-10,12,23-24,30,33H,6,11,13-14H2,1-4H3,(H,31,32). The van der Waals surface area contributed by atoms with Gasteiger partial charge in [0.05, 0.1) is 16.6 Å². The molecule has 8 heteroatoms. The summed E-state index contributed by atoms with van der Waals surface area (Å²) in [4.78, 5) is 11.7. The minimum Gasteiger partial charge on any atom is -0.488 e. The van der Waals surface area contributed by atoms with E-state index in [2.05, 4.69) is 59.5 Å². The van der Waals surface area contributed by atoms with Crippen LogP contribution in [0.4, 0.5) is 8.78 Å². The second kappa shape index (κ2) is 10.9. The Morgan fingerprint density at radius 2 is 1.82 bits per heavy atom. The van der Waals surface area contributed by atoms with E-state index in [9.17, 15) is 18.7 Å². The number of ether oxygens (including phenoxy) is 1. The predicted octanol–water partition coefficient (Wildman–Crippen LogP) is 4.75. The summed E-state index contributed by atoms with van der Waals surface area (Å²) in [6, 6.07) is 6.59. The number of hydrogen-bond acceptors (Lipinski definition) is 4. The van der Waals surface area contributed by atoms with Crippen molar-refractivity contribution in [1.82, 2.24) is 10.6 Å². The molecule has 2 unspecified atom stereocenters. The van der Waals surface area contributed by atoms with Crippen molar-refractivity contribution in [2.45, 2.75) is 52.7 Å². The molecule has 3 rings (SSSR count). The maximum Gasteiger partial charge on any atom is 0.217 e. The molecule has 0 bridgehead atoms. The van der Waals surface area contributed by atoms with Gasteiger partial charge in [0.2, 0.25) is 5.91 Å². The number of amides is 1. The summed E-state index contributed by atoms with van der Waals surface area (Å²) in [5.74, 6) is -1.02. The molecule has 1 aliphatic rings. The second-order valence-electron chi connectivity index (χ2n) is 9.86. The number of fused-ring (bicyclic) bond motifs is 1. The molecule has 1 amide bonds. The van der Waals surface area contributed by atoms with Gasteiger partial charge >= 0.3 is 0 Å². The van der Waals surface area contributed by atoms with Gasteiger partial charge in [0.25, 0.3) is 0 Å². The molecular formula is C26H31BrF2N2O3. The van der Waals surface area contributed by atoms with Gasteiger partial charge in [-0.2, -0.15) is 0 Å². The lowest BCUT2D eigenvalue weighted by molar-refractivity contribution is -0.120. The Morgan fingerprint density at radius 1 is 1.15 bits per heavy atom. The normalized spacial score (nSPS) is 15.0. The van der Waals surface area contributed by atoms with Crippen molar-refractivity contribution in [3.63, 3.8) is 0 Å². The molecule has 0 aromatic heterocycles. The minimum absolute atomic E-state index is 0.0805. The maximum absolute atomic E-state index is 13.6. The van der Waals surface area contributed by atoms with Crippen LogP contribution in [0.2, 0.25) is 0 Å². The largest absolute Gasteiger partial charge is 0.488 e. The highest BCUT2D eigenvalue weighted by atomic mass is 79.9. The van der Waals surface area contributed by atoms with Crippen LogP contribution >= 0.6 is 15.9 Å². The Bertz CT molecular complexity index is 1060. The van der Waals surface area contributed by atoms with Crippen LogP contribution in [0.5, 0.6) is 5.75 Å². The number of carbonyl (C=O) groups is 1. The monoisotopic (exact) mass is 536 g/mol. The Morgan fingerprint density at radius 3 is 2.44 bits per heavy atom. The number of benzene rings is 2. The van der Waals surface area contributed by atoms with Crippen molar-refractivity contribution in [3.8, 4) is 5.75 Å². The topological polar surface area (TPSA) is 70.6 Å². The first-order valence-electron chi connectivity index (χ1n) is 11.2. The zero-order chi connectivity index (χ0) is 25.0. The van der Waals surface area contributed by atoms with Crippen LogP contribution in [-0.4, -0.2) is 36.3 Å². The van der Waals surface area contributed by atoms with Crippen LogP contribution in [0.25, 0.3) is 5.70 Å². The van der Waals surface area contributed by atoms with E-state index < -0.39 is 23.8 Å². The summed E-state index contributed by atoms with van der Waals surface area (Å²) >= 11 is 3.61. The summed E-state index contributed by atoms with van der Waals surface area (Å²) in [6.07, 6.45) is 1.85. The van der Waals surface area contributed by atoms with E-state index in [1.54, 1.807) is 0 Å². The molecule has 1 aliphatic heterocycles. The van der Waals surface area contributed by atoms with Crippen LogP contribution in [-0.2, 0) is 17.6 Å². The Hall–Kier alpha value is -2.45. The van der Waals surface area contributed by atoms with E-state index in [1.165, 1.54) is 19.1 Å². The first-order chi connectivity index (χ1) is 15.9. The predicted molar refractivity (Wildman–Crippen MR) is 132 cm³/mol. The zero-order valence-corrected chi connectivity index (χ0v) is 21.4. The summed E-state index contributed by atoms with van der Waals surface area (Å²) in [7, 11) is 0. The molecule has 184 valence electrons. The number of nitrogens with one attached hydrogen (secondary N) is 2. The van der Waals surface area contributed by atoms with Crippen molar-refractivity contribution in [1.29, 1.82) is 0 Å². The van der Waals surface area contributed by atoms with Crippen molar-refractivity contribution >= 4 is 27.5 Å². The fourth-order valence-electron chi connectivity index (χ4n) is 4.08.